The molecule has 1 fully saturated rings. The zero-order valence-electron chi connectivity index (χ0n) is 39.7. The lowest BCUT2D eigenvalue weighted by atomic mass is 9.99. The Morgan fingerprint density at radius 2 is 1.44 bits per heavy atom. The number of hydrogen-bond donors (Lipinski definition) is 4. The summed E-state index contributed by atoms with van der Waals surface area (Å²) in [6.07, 6.45) is -3.55. The number of carbonyl (C=O) groups excluding carboxylic acids is 2. The Morgan fingerprint density at radius 1 is 0.885 bits per heavy atom. The lowest BCUT2D eigenvalue weighted by Crippen LogP contribution is -2.59. The van der Waals surface area contributed by atoms with Gasteiger partial charge < -0.3 is 44.5 Å². The number of nitrogens with zero attached hydrogens (tertiary/aromatic N) is 2. The molecule has 2 heterocycles. The van der Waals surface area contributed by atoms with Crippen molar-refractivity contribution in [1.82, 2.24) is 19.8 Å². The van der Waals surface area contributed by atoms with E-state index in [1.165, 1.54) is 16.8 Å². The van der Waals surface area contributed by atoms with Crippen molar-refractivity contribution >= 4 is 28.5 Å². The van der Waals surface area contributed by atoms with Crippen LogP contribution < -0.4 is 32.4 Å². The minimum atomic E-state index is -2.71. The second kappa shape index (κ2) is 20.6. The highest BCUT2D eigenvalue weighted by molar-refractivity contribution is 6.74. The quantitative estimate of drug-likeness (QED) is 0.0811. The molecule has 0 aliphatic carbocycles. The molecule has 1 aromatic heterocycles. The molecule has 2 aromatic rings. The van der Waals surface area contributed by atoms with Gasteiger partial charge in [-0.3, -0.25) is 23.5 Å². The zero-order chi connectivity index (χ0) is 46.5. The van der Waals surface area contributed by atoms with Crippen LogP contribution in [0.5, 0.6) is 5.75 Å². The Morgan fingerprint density at radius 3 is 1.95 bits per heavy atom. The van der Waals surface area contributed by atoms with Crippen molar-refractivity contribution < 1.29 is 37.8 Å². The third kappa shape index (κ3) is 13.9. The third-order valence-corrected chi connectivity index (χ3v) is 20.9. The molecule has 346 valence electrons. The van der Waals surface area contributed by atoms with Gasteiger partial charge in [0.25, 0.3) is 5.56 Å². The molecule has 1 aliphatic rings. The largest absolute Gasteiger partial charge is 0.497 e. The van der Waals surface area contributed by atoms with Gasteiger partial charge in [-0.1, -0.05) is 67.5 Å². The number of ether oxygens (including phenoxy) is 3. The topological polar surface area (TPSA) is 195 Å². The molecule has 3 rings (SSSR count). The fourth-order valence-electron chi connectivity index (χ4n) is 6.44. The molecule has 1 saturated heterocycles. The van der Waals surface area contributed by atoms with Crippen molar-refractivity contribution in [3.8, 4) is 5.75 Å². The molecule has 1 aromatic carbocycles. The molecule has 5 N–H and O–H groups in total. The van der Waals surface area contributed by atoms with Gasteiger partial charge in [-0.2, -0.15) is 0 Å². The molecular formula is C44H77N5O10Si2. The third-order valence-electron chi connectivity index (χ3n) is 12.0. The van der Waals surface area contributed by atoms with Gasteiger partial charge in [-0.25, -0.2) is 4.79 Å². The van der Waals surface area contributed by atoms with E-state index in [0.29, 0.717) is 24.2 Å². The predicted octanol–water partition coefficient (Wildman–Crippen LogP) is 5.29. The number of nitrogens with one attached hydrogen (secondary N) is 2. The zero-order valence-corrected chi connectivity index (χ0v) is 41.7. The van der Waals surface area contributed by atoms with E-state index in [-0.39, 0.29) is 41.5 Å². The van der Waals surface area contributed by atoms with Crippen LogP contribution in [0, 0.1) is 5.92 Å². The molecule has 0 bridgehead atoms. The normalized spacial score (nSPS) is 20.6. The van der Waals surface area contributed by atoms with Crippen LogP contribution in [0.25, 0.3) is 0 Å². The number of methoxy groups -OCH3 is 1. The summed E-state index contributed by atoms with van der Waals surface area (Å²) in [5, 5.41) is 18.0. The van der Waals surface area contributed by atoms with E-state index in [1.807, 2.05) is 13.8 Å². The van der Waals surface area contributed by atoms with Crippen LogP contribution in [0.4, 0.5) is 0 Å². The van der Waals surface area contributed by atoms with Crippen LogP contribution in [0.1, 0.15) is 101 Å². The number of rotatable bonds is 19. The van der Waals surface area contributed by atoms with Gasteiger partial charge in [0, 0.05) is 18.8 Å². The summed E-state index contributed by atoms with van der Waals surface area (Å²) >= 11 is 0. The van der Waals surface area contributed by atoms with Crippen LogP contribution in [-0.4, -0.2) is 105 Å². The molecule has 0 radical (unpaired) electrons. The Kier molecular flexibility index (Phi) is 17.6. The molecule has 61 heavy (non-hydrogen) atoms. The Balaban J connectivity index is 2.18. The molecule has 17 heteroatoms. The van der Waals surface area contributed by atoms with Gasteiger partial charge in [-0.05, 0) is 100 Å². The fraction of sp³-hybridized carbons (Fsp3) is 0.727. The van der Waals surface area contributed by atoms with Crippen LogP contribution in [0.15, 0.2) is 46.1 Å². The maximum Gasteiger partial charge on any atom is 0.333 e. The number of esters is 1. The van der Waals surface area contributed by atoms with Crippen LogP contribution in [-0.2, 0) is 34.5 Å². The number of hydrogen-bond acceptors (Lipinski definition) is 12. The summed E-state index contributed by atoms with van der Waals surface area (Å²) in [7, 11) is -3.84. The second-order valence-electron chi connectivity index (χ2n) is 20.8. The standard InChI is InChI=1S/C44H77N5O10Si2/c1-28(2)26-31(45)38(52)47-24-17-23-46-33(40(53)57-42(3,4)5)34(51)35-36(58-60(13,14)43(6,7)8)37(59-61(15,16)44(9,10)11)39(56-35)48-25-22-32(50)49(41(48)54)27-29-18-20-30(55-12)21-19-29/h18-22,25,28,31,33-37,39,46,51H,17,23-24,26-27,45H2,1-16H3,(H,47,52)/t31-,33-,34+,35?,36+,37+,39+/m0/s1. The summed E-state index contributed by atoms with van der Waals surface area (Å²) in [5.74, 6) is -0.0752. The van der Waals surface area contributed by atoms with Gasteiger partial charge in [0.2, 0.25) is 5.91 Å². The van der Waals surface area contributed by atoms with Crippen LogP contribution >= 0.6 is 0 Å². The first-order chi connectivity index (χ1) is 27.9. The van der Waals surface area contributed by atoms with Crippen molar-refractivity contribution in [2.75, 3.05) is 20.2 Å². The van der Waals surface area contributed by atoms with Gasteiger partial charge in [-0.15, -0.1) is 0 Å². The first kappa shape index (κ1) is 52.2. The number of aliphatic hydroxyl groups excluding tert-OH is 1. The molecule has 1 amide bonds. The van der Waals surface area contributed by atoms with Gasteiger partial charge in [0.05, 0.1) is 19.7 Å². The fourth-order valence-corrected chi connectivity index (χ4v) is 9.03. The lowest BCUT2D eigenvalue weighted by Gasteiger charge is -2.44. The highest BCUT2D eigenvalue weighted by Crippen LogP contribution is 2.46. The minimum absolute atomic E-state index is 0.0202. The summed E-state index contributed by atoms with van der Waals surface area (Å²) < 4.78 is 34.9. The number of nitrogens with two attached hydrogens (primary N) is 1. The van der Waals surface area contributed by atoms with Crippen molar-refractivity contribution in [3.63, 3.8) is 0 Å². The van der Waals surface area contributed by atoms with E-state index < -0.39 is 82.2 Å². The molecule has 7 atom stereocenters. The lowest BCUT2D eigenvalue weighted by molar-refractivity contribution is -0.166. The van der Waals surface area contributed by atoms with Crippen molar-refractivity contribution in [1.29, 1.82) is 0 Å². The maximum atomic E-state index is 14.5. The Bertz CT molecular complexity index is 1880. The second-order valence-corrected chi connectivity index (χ2v) is 30.3. The van der Waals surface area contributed by atoms with E-state index in [2.05, 4.69) is 78.4 Å². The molecule has 15 nitrogen and oxygen atoms in total. The van der Waals surface area contributed by atoms with Crippen molar-refractivity contribution in [2.24, 2.45) is 11.7 Å². The maximum absolute atomic E-state index is 14.5. The minimum Gasteiger partial charge on any atom is -0.497 e. The number of amides is 1. The Hall–Kier alpha value is -3.17. The van der Waals surface area contributed by atoms with Crippen LogP contribution in [0.3, 0.4) is 0 Å². The average Bonchev–Trinajstić information content (AvgIpc) is 3.45. The molecule has 0 saturated carbocycles. The monoisotopic (exact) mass is 892 g/mol. The first-order valence-electron chi connectivity index (χ1n) is 21.5. The Labute approximate surface area is 365 Å². The van der Waals surface area contributed by atoms with E-state index in [9.17, 15) is 24.3 Å². The molecule has 0 spiro atoms. The number of carbonyl (C=O) groups is 2. The van der Waals surface area contributed by atoms with Crippen LogP contribution in [0.2, 0.25) is 36.3 Å². The van der Waals surface area contributed by atoms with E-state index in [4.69, 9.17) is 28.8 Å². The number of benzene rings is 1. The SMILES string of the molecule is COc1ccc(Cn2c(=O)ccn([C@@H]3OC([C@H](O)[C@H](NCCCNC(=O)[C@@H](N)CC(C)C)C(=O)OC(C)(C)C)[C@@H](O[Si](C)(C)C(C)(C)C)[C@H]3O[Si](C)(C)C(C)(C)C)c2=O)cc1. The highest BCUT2D eigenvalue weighted by atomic mass is 28.4. The van der Waals surface area contributed by atoms with Crippen molar-refractivity contribution in [2.45, 2.75) is 180 Å². The van der Waals surface area contributed by atoms with E-state index in [0.717, 1.165) is 4.57 Å². The summed E-state index contributed by atoms with van der Waals surface area (Å²) in [6.45, 7) is 30.6. The number of aromatic nitrogens is 2. The summed E-state index contributed by atoms with van der Waals surface area (Å²) in [5.41, 5.74) is 4.73. The molecule has 1 unspecified atom stereocenters. The van der Waals surface area contributed by atoms with Gasteiger partial charge in [0.1, 0.15) is 41.8 Å². The summed E-state index contributed by atoms with van der Waals surface area (Å²) in [6, 6.07) is 6.44. The van der Waals surface area contributed by atoms with Gasteiger partial charge >= 0.3 is 11.7 Å². The van der Waals surface area contributed by atoms with Crippen molar-refractivity contribution in [3.05, 3.63) is 62.9 Å². The molecule has 1 aliphatic heterocycles. The highest BCUT2D eigenvalue weighted by Gasteiger charge is 2.57. The van der Waals surface area contributed by atoms with E-state index >= 15 is 0 Å². The molecular weight excluding hydrogens is 815 g/mol. The number of aliphatic hydroxyl groups is 1. The predicted molar refractivity (Wildman–Crippen MR) is 244 cm³/mol. The average molecular weight is 892 g/mol. The smallest absolute Gasteiger partial charge is 0.333 e. The van der Waals surface area contributed by atoms with E-state index in [1.54, 1.807) is 52.1 Å². The van der Waals surface area contributed by atoms with Gasteiger partial charge in [0.15, 0.2) is 22.9 Å². The first-order valence-corrected chi connectivity index (χ1v) is 27.4. The summed E-state index contributed by atoms with van der Waals surface area (Å²) in [4.78, 5) is 54.6.